The summed E-state index contributed by atoms with van der Waals surface area (Å²) in [5, 5.41) is 20.3. The van der Waals surface area contributed by atoms with Gasteiger partial charge in [0.05, 0.1) is 16.6 Å². The Morgan fingerprint density at radius 1 is 1.35 bits per heavy atom. The molecule has 6 heteroatoms. The highest BCUT2D eigenvalue weighted by atomic mass is 32.1. The number of carboxylic acids is 1. The van der Waals surface area contributed by atoms with Crippen LogP contribution in [0.2, 0.25) is 0 Å². The van der Waals surface area contributed by atoms with Crippen LogP contribution in [0.5, 0.6) is 0 Å². The van der Waals surface area contributed by atoms with Crippen LogP contribution in [0, 0.1) is 11.3 Å². The average Bonchev–Trinajstić information content (AvgIpc) is 3.07. The molecule has 0 unspecified atom stereocenters. The fraction of sp³-hybridized carbons (Fsp3) is 0.353. The van der Waals surface area contributed by atoms with Crippen molar-refractivity contribution in [1.82, 2.24) is 9.88 Å². The molecule has 1 N–H and O–H groups in total. The van der Waals surface area contributed by atoms with Crippen LogP contribution in [0.1, 0.15) is 45.4 Å². The van der Waals surface area contributed by atoms with Gasteiger partial charge in [0, 0.05) is 17.8 Å². The van der Waals surface area contributed by atoms with E-state index in [4.69, 9.17) is 10.4 Å². The molecular formula is C17H17N3O2S. The minimum absolute atomic E-state index is 0.157. The minimum Gasteiger partial charge on any atom is -0.476 e. The van der Waals surface area contributed by atoms with Gasteiger partial charge in [0.1, 0.15) is 0 Å². The van der Waals surface area contributed by atoms with Crippen LogP contribution in [0.3, 0.4) is 0 Å². The molecule has 1 saturated heterocycles. The first kappa shape index (κ1) is 15.7. The van der Waals surface area contributed by atoms with Crippen LogP contribution < -0.4 is 0 Å². The van der Waals surface area contributed by atoms with Gasteiger partial charge in [0.25, 0.3) is 0 Å². The molecule has 0 atom stereocenters. The van der Waals surface area contributed by atoms with Crippen molar-refractivity contribution in [2.45, 2.75) is 25.3 Å². The number of thiazole rings is 1. The molecule has 1 aromatic carbocycles. The SMILES string of the molecule is N#Cc1ccc(CN2CCC(c3nc(C(=O)O)cs3)CC2)cc1. The van der Waals surface area contributed by atoms with E-state index in [0.717, 1.165) is 37.5 Å². The summed E-state index contributed by atoms with van der Waals surface area (Å²) < 4.78 is 0. The van der Waals surface area contributed by atoms with Crippen LogP contribution in [0.15, 0.2) is 29.6 Å². The number of benzene rings is 1. The van der Waals surface area contributed by atoms with Crippen molar-refractivity contribution in [3.8, 4) is 6.07 Å². The van der Waals surface area contributed by atoms with Gasteiger partial charge in [-0.05, 0) is 43.6 Å². The van der Waals surface area contributed by atoms with Gasteiger partial charge in [-0.3, -0.25) is 4.90 Å². The molecule has 0 spiro atoms. The molecule has 1 aliphatic heterocycles. The van der Waals surface area contributed by atoms with Gasteiger partial charge < -0.3 is 5.11 Å². The number of nitrogens with zero attached hydrogens (tertiary/aromatic N) is 3. The molecular weight excluding hydrogens is 310 g/mol. The molecule has 1 aliphatic rings. The maximum Gasteiger partial charge on any atom is 0.355 e. The van der Waals surface area contributed by atoms with Crippen LogP contribution in [-0.2, 0) is 6.54 Å². The Morgan fingerprint density at radius 3 is 2.61 bits per heavy atom. The Bertz CT molecular complexity index is 725. The maximum atomic E-state index is 10.9. The molecule has 2 aromatic rings. The molecule has 3 rings (SSSR count). The largest absolute Gasteiger partial charge is 0.476 e. The molecule has 0 radical (unpaired) electrons. The van der Waals surface area contributed by atoms with Gasteiger partial charge >= 0.3 is 5.97 Å². The lowest BCUT2D eigenvalue weighted by Crippen LogP contribution is -2.32. The third kappa shape index (κ3) is 3.76. The third-order valence-corrected chi connectivity index (χ3v) is 5.17. The summed E-state index contributed by atoms with van der Waals surface area (Å²) >= 11 is 1.45. The zero-order valence-electron chi connectivity index (χ0n) is 12.6. The highest BCUT2D eigenvalue weighted by molar-refractivity contribution is 7.09. The second-order valence-electron chi connectivity index (χ2n) is 5.74. The van der Waals surface area contributed by atoms with Gasteiger partial charge in [0.15, 0.2) is 5.69 Å². The number of aromatic nitrogens is 1. The average molecular weight is 327 g/mol. The Morgan fingerprint density at radius 2 is 2.04 bits per heavy atom. The predicted molar refractivity (Wildman–Crippen MR) is 87.5 cm³/mol. The first-order chi connectivity index (χ1) is 11.2. The molecule has 0 saturated carbocycles. The number of aromatic carboxylic acids is 1. The molecule has 0 bridgehead atoms. The van der Waals surface area contributed by atoms with Crippen molar-refractivity contribution >= 4 is 17.3 Å². The van der Waals surface area contributed by atoms with E-state index < -0.39 is 5.97 Å². The zero-order chi connectivity index (χ0) is 16.2. The molecule has 2 heterocycles. The fourth-order valence-electron chi connectivity index (χ4n) is 2.85. The number of hydrogen-bond donors (Lipinski definition) is 1. The standard InChI is InChI=1S/C17H17N3O2S/c18-9-12-1-3-13(4-2-12)10-20-7-5-14(6-8-20)16-19-15(11-23-16)17(21)22/h1-4,11,14H,5-8,10H2,(H,21,22). The van der Waals surface area contributed by atoms with E-state index in [9.17, 15) is 4.79 Å². The van der Waals surface area contributed by atoms with E-state index in [0.29, 0.717) is 11.5 Å². The van der Waals surface area contributed by atoms with Crippen LogP contribution in [0.25, 0.3) is 0 Å². The number of rotatable bonds is 4. The molecule has 0 aliphatic carbocycles. The number of hydrogen-bond acceptors (Lipinski definition) is 5. The van der Waals surface area contributed by atoms with Gasteiger partial charge in [-0.25, -0.2) is 9.78 Å². The monoisotopic (exact) mass is 327 g/mol. The number of piperidine rings is 1. The Balaban J connectivity index is 1.55. The minimum atomic E-state index is -0.953. The summed E-state index contributed by atoms with van der Waals surface area (Å²) in [6.45, 7) is 2.84. The lowest BCUT2D eigenvalue weighted by Gasteiger charge is -2.31. The second kappa shape index (κ2) is 6.90. The van der Waals surface area contributed by atoms with Crippen LogP contribution in [0.4, 0.5) is 0 Å². The fourth-order valence-corrected chi connectivity index (χ4v) is 3.82. The topological polar surface area (TPSA) is 77.2 Å². The van der Waals surface area contributed by atoms with Crippen molar-refractivity contribution in [2.75, 3.05) is 13.1 Å². The van der Waals surface area contributed by atoms with Crippen molar-refractivity contribution in [1.29, 1.82) is 5.26 Å². The number of carboxylic acid groups (broad SMARTS) is 1. The number of nitriles is 1. The lowest BCUT2D eigenvalue weighted by molar-refractivity contribution is 0.0691. The first-order valence-electron chi connectivity index (χ1n) is 7.56. The van der Waals surface area contributed by atoms with Crippen molar-refractivity contribution in [3.63, 3.8) is 0 Å². The summed E-state index contributed by atoms with van der Waals surface area (Å²) in [5.41, 5.74) is 2.06. The molecule has 1 fully saturated rings. The molecule has 23 heavy (non-hydrogen) atoms. The zero-order valence-corrected chi connectivity index (χ0v) is 13.4. The maximum absolute atomic E-state index is 10.9. The first-order valence-corrected chi connectivity index (χ1v) is 8.44. The summed E-state index contributed by atoms with van der Waals surface area (Å²) in [4.78, 5) is 17.5. The van der Waals surface area contributed by atoms with E-state index in [-0.39, 0.29) is 5.69 Å². The third-order valence-electron chi connectivity index (χ3n) is 4.17. The number of likely N-dealkylation sites (tertiary alicyclic amines) is 1. The van der Waals surface area contributed by atoms with Gasteiger partial charge in [-0.15, -0.1) is 11.3 Å². The summed E-state index contributed by atoms with van der Waals surface area (Å²) in [7, 11) is 0. The molecule has 5 nitrogen and oxygen atoms in total. The lowest BCUT2D eigenvalue weighted by atomic mass is 9.97. The Labute approximate surface area is 138 Å². The van der Waals surface area contributed by atoms with Crippen molar-refractivity contribution in [2.24, 2.45) is 0 Å². The second-order valence-corrected chi connectivity index (χ2v) is 6.62. The van der Waals surface area contributed by atoms with Crippen LogP contribution >= 0.6 is 11.3 Å². The van der Waals surface area contributed by atoms with E-state index in [1.807, 2.05) is 24.3 Å². The summed E-state index contributed by atoms with van der Waals surface area (Å²) in [6, 6.07) is 9.84. The van der Waals surface area contributed by atoms with Gasteiger partial charge in [-0.1, -0.05) is 12.1 Å². The van der Waals surface area contributed by atoms with E-state index in [2.05, 4.69) is 16.0 Å². The highest BCUT2D eigenvalue weighted by Crippen LogP contribution is 2.30. The summed E-state index contributed by atoms with van der Waals surface area (Å²) in [5.74, 6) is -0.587. The van der Waals surface area contributed by atoms with Crippen molar-refractivity contribution in [3.05, 3.63) is 51.5 Å². The van der Waals surface area contributed by atoms with Gasteiger partial charge in [0.2, 0.25) is 0 Å². The van der Waals surface area contributed by atoms with E-state index in [1.54, 1.807) is 5.38 Å². The quantitative estimate of drug-likeness (QED) is 0.933. The normalized spacial score (nSPS) is 16.1. The number of carbonyl (C=O) groups is 1. The van der Waals surface area contributed by atoms with Crippen molar-refractivity contribution < 1.29 is 9.90 Å². The molecule has 0 amide bonds. The molecule has 118 valence electrons. The Kier molecular flexibility index (Phi) is 4.70. The predicted octanol–water partition coefficient (Wildman–Crippen LogP) is 3.09. The van der Waals surface area contributed by atoms with Gasteiger partial charge in [-0.2, -0.15) is 5.26 Å². The van der Waals surface area contributed by atoms with E-state index >= 15 is 0 Å². The Hall–Kier alpha value is -2.23. The van der Waals surface area contributed by atoms with Crippen LogP contribution in [-0.4, -0.2) is 34.0 Å². The molecule has 1 aromatic heterocycles. The summed E-state index contributed by atoms with van der Waals surface area (Å²) in [6.07, 6.45) is 2.01. The highest BCUT2D eigenvalue weighted by Gasteiger charge is 2.23. The smallest absolute Gasteiger partial charge is 0.355 e. The van der Waals surface area contributed by atoms with E-state index in [1.165, 1.54) is 16.9 Å².